The van der Waals surface area contributed by atoms with Gasteiger partial charge in [0, 0.05) is 28.4 Å². The van der Waals surface area contributed by atoms with Gasteiger partial charge in [0.05, 0.1) is 12.7 Å². The van der Waals surface area contributed by atoms with E-state index in [0.29, 0.717) is 0 Å². The third-order valence-electron chi connectivity index (χ3n) is 3.82. The van der Waals surface area contributed by atoms with Crippen molar-refractivity contribution in [1.29, 1.82) is 0 Å². The first kappa shape index (κ1) is 15.5. The Morgan fingerprint density at radius 2 is 1.76 bits per heavy atom. The molecular formula is C17H25N4+. The van der Waals surface area contributed by atoms with E-state index in [2.05, 4.69) is 60.3 Å². The van der Waals surface area contributed by atoms with Crippen molar-refractivity contribution in [2.45, 2.75) is 58.9 Å². The largest absolute Gasteiger partial charge is 0.286 e. The first-order chi connectivity index (χ1) is 9.70. The maximum absolute atomic E-state index is 4.38. The lowest BCUT2D eigenvalue weighted by molar-refractivity contribution is -0.707. The van der Waals surface area contributed by atoms with Gasteiger partial charge in [-0.05, 0) is 12.3 Å². The van der Waals surface area contributed by atoms with E-state index in [-0.39, 0.29) is 10.8 Å². The average molecular weight is 285 g/mol. The van der Waals surface area contributed by atoms with Crippen molar-refractivity contribution in [2.24, 2.45) is 0 Å². The molecule has 21 heavy (non-hydrogen) atoms. The van der Waals surface area contributed by atoms with Crippen LogP contribution in [-0.2, 0) is 17.4 Å². The quantitative estimate of drug-likeness (QED) is 0.814. The predicted molar refractivity (Wildman–Crippen MR) is 82.9 cm³/mol. The number of aryl methyl sites for hydroxylation is 1. The van der Waals surface area contributed by atoms with Crippen LogP contribution in [0.15, 0.2) is 31.2 Å². The SMILES string of the molecule is Cc1ncncc1C(C)(C)C[n+]1cncc(C(C)(C)C)c1. The molecule has 0 aliphatic rings. The highest BCUT2D eigenvalue weighted by molar-refractivity contribution is 5.23. The van der Waals surface area contributed by atoms with Crippen molar-refractivity contribution in [3.8, 4) is 0 Å². The Morgan fingerprint density at radius 3 is 2.38 bits per heavy atom. The van der Waals surface area contributed by atoms with Crippen molar-refractivity contribution in [3.63, 3.8) is 0 Å². The Balaban J connectivity index is 2.31. The lowest BCUT2D eigenvalue weighted by Crippen LogP contribution is -2.44. The number of nitrogens with zero attached hydrogens (tertiary/aromatic N) is 4. The zero-order chi connectivity index (χ0) is 15.7. The standard InChI is InChI=1S/C17H25N4/c1-13-15(8-18-11-20-13)17(5,6)10-21-9-14(7-19-12-21)16(2,3)4/h7-9,11-12H,10H2,1-6H3/q+1. The van der Waals surface area contributed by atoms with Crippen LogP contribution in [0.3, 0.4) is 0 Å². The molecular weight excluding hydrogens is 260 g/mol. The maximum atomic E-state index is 4.38. The second-order valence-electron chi connectivity index (χ2n) is 7.31. The Morgan fingerprint density at radius 1 is 1.05 bits per heavy atom. The molecule has 4 nitrogen and oxygen atoms in total. The van der Waals surface area contributed by atoms with E-state index in [1.165, 1.54) is 11.1 Å². The normalized spacial score (nSPS) is 12.5. The zero-order valence-electron chi connectivity index (χ0n) is 13.9. The van der Waals surface area contributed by atoms with Gasteiger partial charge in [-0.15, -0.1) is 0 Å². The second-order valence-corrected chi connectivity index (χ2v) is 7.31. The molecule has 2 heterocycles. The fourth-order valence-electron chi connectivity index (χ4n) is 2.52. The summed E-state index contributed by atoms with van der Waals surface area (Å²) in [4.78, 5) is 12.9. The van der Waals surface area contributed by atoms with E-state index < -0.39 is 0 Å². The second kappa shape index (κ2) is 5.51. The van der Waals surface area contributed by atoms with Crippen LogP contribution < -0.4 is 4.57 Å². The Hall–Kier alpha value is -1.84. The van der Waals surface area contributed by atoms with Crippen molar-refractivity contribution in [1.82, 2.24) is 15.0 Å². The summed E-state index contributed by atoms with van der Waals surface area (Å²) in [6.45, 7) is 13.9. The molecule has 0 atom stereocenters. The minimum atomic E-state index is -0.0474. The fraction of sp³-hybridized carbons (Fsp3) is 0.529. The molecule has 0 aromatic carbocycles. The predicted octanol–water partition coefficient (Wildman–Crippen LogP) is 2.74. The highest BCUT2D eigenvalue weighted by Crippen LogP contribution is 2.25. The van der Waals surface area contributed by atoms with Gasteiger partial charge < -0.3 is 0 Å². The average Bonchev–Trinajstić information content (AvgIpc) is 2.37. The first-order valence-corrected chi connectivity index (χ1v) is 7.32. The summed E-state index contributed by atoms with van der Waals surface area (Å²) < 4.78 is 2.16. The monoisotopic (exact) mass is 285 g/mol. The Labute approximate surface area is 127 Å². The highest BCUT2D eigenvalue weighted by Gasteiger charge is 2.27. The van der Waals surface area contributed by atoms with Crippen molar-refractivity contribution in [3.05, 3.63) is 48.1 Å². The van der Waals surface area contributed by atoms with Crippen LogP contribution in [0.2, 0.25) is 0 Å². The van der Waals surface area contributed by atoms with E-state index in [1.54, 1.807) is 6.33 Å². The summed E-state index contributed by atoms with van der Waals surface area (Å²) >= 11 is 0. The van der Waals surface area contributed by atoms with E-state index in [0.717, 1.165) is 12.2 Å². The molecule has 112 valence electrons. The van der Waals surface area contributed by atoms with Crippen LogP contribution >= 0.6 is 0 Å². The summed E-state index contributed by atoms with van der Waals surface area (Å²) in [5, 5.41) is 0. The topological polar surface area (TPSA) is 42.5 Å². The molecule has 2 aromatic rings. The van der Waals surface area contributed by atoms with Crippen LogP contribution in [-0.4, -0.2) is 15.0 Å². The first-order valence-electron chi connectivity index (χ1n) is 7.32. The highest BCUT2D eigenvalue weighted by atomic mass is 15.0. The number of hydrogen-bond donors (Lipinski definition) is 0. The molecule has 0 unspecified atom stereocenters. The molecule has 0 saturated heterocycles. The summed E-state index contributed by atoms with van der Waals surface area (Å²) in [6, 6.07) is 0. The van der Waals surface area contributed by atoms with Gasteiger partial charge in [-0.25, -0.2) is 14.5 Å². The molecule has 0 bridgehead atoms. The molecule has 4 heteroatoms. The molecule has 0 spiro atoms. The van der Waals surface area contributed by atoms with Gasteiger partial charge in [-0.2, -0.15) is 0 Å². The van der Waals surface area contributed by atoms with Gasteiger partial charge in [0.15, 0.2) is 0 Å². The minimum absolute atomic E-state index is 0.0474. The summed E-state index contributed by atoms with van der Waals surface area (Å²) in [6.07, 6.45) is 9.54. The zero-order valence-corrected chi connectivity index (χ0v) is 13.9. The minimum Gasteiger partial charge on any atom is -0.244 e. The number of hydrogen-bond acceptors (Lipinski definition) is 3. The smallest absolute Gasteiger partial charge is 0.244 e. The van der Waals surface area contributed by atoms with Crippen LogP contribution in [0.5, 0.6) is 0 Å². The molecule has 0 fully saturated rings. The summed E-state index contributed by atoms with van der Waals surface area (Å²) in [5.41, 5.74) is 3.51. The molecule has 0 saturated carbocycles. The third kappa shape index (κ3) is 3.63. The van der Waals surface area contributed by atoms with E-state index in [4.69, 9.17) is 0 Å². The molecule has 0 aliphatic heterocycles. The van der Waals surface area contributed by atoms with Crippen LogP contribution in [0, 0.1) is 6.92 Å². The number of aromatic nitrogens is 4. The van der Waals surface area contributed by atoms with Gasteiger partial charge in [0.1, 0.15) is 12.5 Å². The van der Waals surface area contributed by atoms with Crippen molar-refractivity contribution < 1.29 is 4.57 Å². The van der Waals surface area contributed by atoms with Crippen LogP contribution in [0.1, 0.15) is 51.4 Å². The molecule has 0 amide bonds. The third-order valence-corrected chi connectivity index (χ3v) is 3.82. The van der Waals surface area contributed by atoms with Gasteiger partial charge in [0.2, 0.25) is 0 Å². The lowest BCUT2D eigenvalue weighted by atomic mass is 9.84. The van der Waals surface area contributed by atoms with E-state index in [9.17, 15) is 0 Å². The molecule has 2 aromatic heterocycles. The Bertz CT molecular complexity index is 627. The summed E-state index contributed by atoms with van der Waals surface area (Å²) in [5.74, 6) is 0. The molecule has 0 radical (unpaired) electrons. The van der Waals surface area contributed by atoms with Gasteiger partial charge >= 0.3 is 0 Å². The molecule has 2 rings (SSSR count). The molecule has 0 aliphatic carbocycles. The van der Waals surface area contributed by atoms with Crippen molar-refractivity contribution >= 4 is 0 Å². The van der Waals surface area contributed by atoms with Gasteiger partial charge in [-0.1, -0.05) is 39.6 Å². The van der Waals surface area contributed by atoms with Gasteiger partial charge in [0.25, 0.3) is 6.33 Å². The van der Waals surface area contributed by atoms with E-state index >= 15 is 0 Å². The van der Waals surface area contributed by atoms with Crippen molar-refractivity contribution in [2.75, 3.05) is 0 Å². The fourth-order valence-corrected chi connectivity index (χ4v) is 2.52. The van der Waals surface area contributed by atoms with Crippen LogP contribution in [0.4, 0.5) is 0 Å². The maximum Gasteiger partial charge on any atom is 0.286 e. The number of rotatable bonds is 3. The van der Waals surface area contributed by atoms with E-state index in [1.807, 2.05) is 25.6 Å². The van der Waals surface area contributed by atoms with Crippen LogP contribution in [0.25, 0.3) is 0 Å². The molecule has 0 N–H and O–H groups in total. The Kier molecular flexibility index (Phi) is 4.08. The van der Waals surface area contributed by atoms with Gasteiger partial charge in [-0.3, -0.25) is 0 Å². The lowest BCUT2D eigenvalue weighted by Gasteiger charge is -2.25. The summed E-state index contributed by atoms with van der Waals surface area (Å²) in [7, 11) is 0.